The van der Waals surface area contributed by atoms with Gasteiger partial charge in [0.25, 0.3) is 10.1 Å². The summed E-state index contributed by atoms with van der Waals surface area (Å²) in [5.41, 5.74) is 1.13. The van der Waals surface area contributed by atoms with Gasteiger partial charge in [-0.05, 0) is 30.9 Å². The summed E-state index contributed by atoms with van der Waals surface area (Å²) >= 11 is 1.74. The standard InChI is InChI=1S/C20H25NO4S2/c1-3-16(25-4-2)14-19-21(12-7-13-27(22,23)24)20-17-9-6-5-8-15(17)10-11-18(20)26-19/h5-6,8-11,14,19H,3-4,7,12-13H2,1-2H3,(H,22,23,24). The third-order valence-corrected chi connectivity index (χ3v) is 6.53. The minimum absolute atomic E-state index is 0.0358. The lowest BCUT2D eigenvalue weighted by Gasteiger charge is -2.26. The van der Waals surface area contributed by atoms with Gasteiger partial charge in [-0.25, -0.2) is 0 Å². The Morgan fingerprint density at radius 3 is 2.74 bits per heavy atom. The van der Waals surface area contributed by atoms with Gasteiger partial charge in [0.15, 0.2) is 0 Å². The molecule has 0 aliphatic carbocycles. The van der Waals surface area contributed by atoms with E-state index in [4.69, 9.17) is 9.29 Å². The van der Waals surface area contributed by atoms with Crippen molar-refractivity contribution in [3.63, 3.8) is 0 Å². The second-order valence-electron chi connectivity index (χ2n) is 6.39. The van der Waals surface area contributed by atoms with E-state index in [1.54, 1.807) is 11.8 Å². The van der Waals surface area contributed by atoms with Crippen LogP contribution in [0.5, 0.6) is 0 Å². The van der Waals surface area contributed by atoms with Gasteiger partial charge < -0.3 is 9.64 Å². The molecule has 1 aliphatic heterocycles. The maximum absolute atomic E-state index is 11.2. The van der Waals surface area contributed by atoms with E-state index in [2.05, 4.69) is 42.2 Å². The van der Waals surface area contributed by atoms with Crippen molar-refractivity contribution < 1.29 is 17.7 Å². The molecule has 0 spiro atoms. The molecule has 1 heterocycles. The number of benzene rings is 2. The molecule has 1 N–H and O–H groups in total. The highest BCUT2D eigenvalue weighted by Crippen LogP contribution is 2.48. The molecule has 7 heteroatoms. The van der Waals surface area contributed by atoms with Crippen molar-refractivity contribution >= 4 is 38.3 Å². The third kappa shape index (κ3) is 4.78. The van der Waals surface area contributed by atoms with E-state index < -0.39 is 10.1 Å². The Kier molecular flexibility index (Phi) is 6.34. The Morgan fingerprint density at radius 2 is 2.04 bits per heavy atom. The summed E-state index contributed by atoms with van der Waals surface area (Å²) in [4.78, 5) is 3.40. The van der Waals surface area contributed by atoms with Crippen molar-refractivity contribution in [2.24, 2.45) is 0 Å². The molecule has 0 saturated carbocycles. The molecular formula is C20H25NO4S2. The van der Waals surface area contributed by atoms with Crippen LogP contribution in [-0.2, 0) is 14.9 Å². The number of anilines is 1. The maximum Gasteiger partial charge on any atom is 0.264 e. The Bertz CT molecular complexity index is 940. The molecule has 2 aromatic rings. The molecule has 2 aromatic carbocycles. The monoisotopic (exact) mass is 407 g/mol. The van der Waals surface area contributed by atoms with E-state index in [0.717, 1.165) is 28.6 Å². The molecule has 0 amide bonds. The van der Waals surface area contributed by atoms with Gasteiger partial charge in [0.1, 0.15) is 5.37 Å². The summed E-state index contributed by atoms with van der Waals surface area (Å²) in [6, 6.07) is 12.5. The Labute approximate surface area is 165 Å². The Morgan fingerprint density at radius 1 is 1.26 bits per heavy atom. The first-order valence-electron chi connectivity index (χ1n) is 9.16. The zero-order chi connectivity index (χ0) is 19.4. The van der Waals surface area contributed by atoms with Gasteiger partial charge in [-0.3, -0.25) is 4.55 Å². The number of rotatable bonds is 8. The molecule has 1 atom stereocenters. The number of allylic oxidation sites excluding steroid dienone is 1. The van der Waals surface area contributed by atoms with Crippen LogP contribution in [0.4, 0.5) is 5.69 Å². The lowest BCUT2D eigenvalue weighted by Crippen LogP contribution is -2.30. The minimum Gasteiger partial charge on any atom is -0.498 e. The molecular weight excluding hydrogens is 382 g/mol. The average Bonchev–Trinajstić information content (AvgIpc) is 2.98. The zero-order valence-corrected chi connectivity index (χ0v) is 17.2. The van der Waals surface area contributed by atoms with E-state index in [0.29, 0.717) is 19.6 Å². The lowest BCUT2D eigenvalue weighted by atomic mass is 10.1. The summed E-state index contributed by atoms with van der Waals surface area (Å²) in [5, 5.41) is 2.34. The summed E-state index contributed by atoms with van der Waals surface area (Å²) in [6.07, 6.45) is 3.29. The van der Waals surface area contributed by atoms with Gasteiger partial charge in [-0.15, -0.1) is 0 Å². The number of fused-ring (bicyclic) bond motifs is 3. The molecule has 27 heavy (non-hydrogen) atoms. The largest absolute Gasteiger partial charge is 0.498 e. The van der Waals surface area contributed by atoms with Gasteiger partial charge in [0.05, 0.1) is 23.8 Å². The van der Waals surface area contributed by atoms with Gasteiger partial charge in [-0.1, -0.05) is 49.0 Å². The van der Waals surface area contributed by atoms with E-state index in [-0.39, 0.29) is 11.1 Å². The van der Waals surface area contributed by atoms with Crippen LogP contribution in [0.1, 0.15) is 26.7 Å². The molecule has 3 rings (SSSR count). The molecule has 0 fully saturated rings. The second-order valence-corrected chi connectivity index (χ2v) is 9.12. The predicted molar refractivity (Wildman–Crippen MR) is 112 cm³/mol. The molecule has 1 unspecified atom stereocenters. The fourth-order valence-electron chi connectivity index (χ4n) is 3.34. The molecule has 0 saturated heterocycles. The van der Waals surface area contributed by atoms with E-state index >= 15 is 0 Å². The maximum atomic E-state index is 11.2. The van der Waals surface area contributed by atoms with Crippen molar-refractivity contribution in [2.45, 2.75) is 37.0 Å². The fourth-order valence-corrected chi connectivity index (χ4v) is 5.14. The van der Waals surface area contributed by atoms with Crippen LogP contribution in [0.25, 0.3) is 10.8 Å². The van der Waals surface area contributed by atoms with Crippen LogP contribution in [0, 0.1) is 0 Å². The average molecular weight is 408 g/mol. The summed E-state index contributed by atoms with van der Waals surface area (Å²) < 4.78 is 37.1. The summed E-state index contributed by atoms with van der Waals surface area (Å²) in [5.74, 6) is 0.698. The Balaban J connectivity index is 1.97. The molecule has 0 radical (unpaired) electrons. The van der Waals surface area contributed by atoms with E-state index in [9.17, 15) is 8.42 Å². The fraction of sp³-hybridized carbons (Fsp3) is 0.400. The smallest absolute Gasteiger partial charge is 0.264 e. The molecule has 0 aromatic heterocycles. The summed E-state index contributed by atoms with van der Waals surface area (Å²) in [6.45, 7) is 5.19. The van der Waals surface area contributed by atoms with Crippen molar-refractivity contribution in [1.29, 1.82) is 0 Å². The predicted octanol–water partition coefficient (Wildman–Crippen LogP) is 4.69. The van der Waals surface area contributed by atoms with Crippen molar-refractivity contribution in [1.82, 2.24) is 0 Å². The first kappa shape index (κ1) is 20.0. The van der Waals surface area contributed by atoms with Crippen LogP contribution in [0.15, 0.2) is 53.1 Å². The van der Waals surface area contributed by atoms with Crippen molar-refractivity contribution in [3.8, 4) is 0 Å². The van der Waals surface area contributed by atoms with Gasteiger partial charge in [0, 0.05) is 23.2 Å². The molecule has 1 aliphatic rings. The van der Waals surface area contributed by atoms with Crippen molar-refractivity contribution in [3.05, 3.63) is 48.2 Å². The number of hydrogen-bond donors (Lipinski definition) is 1. The number of hydrogen-bond acceptors (Lipinski definition) is 5. The quantitative estimate of drug-likeness (QED) is 0.506. The molecule has 146 valence electrons. The number of thioether (sulfide) groups is 1. The van der Waals surface area contributed by atoms with Crippen LogP contribution in [-0.4, -0.2) is 37.2 Å². The van der Waals surface area contributed by atoms with Crippen LogP contribution in [0.3, 0.4) is 0 Å². The van der Waals surface area contributed by atoms with Crippen molar-refractivity contribution in [2.75, 3.05) is 23.8 Å². The van der Waals surface area contributed by atoms with Gasteiger partial charge in [0.2, 0.25) is 0 Å². The normalized spacial score (nSPS) is 17.4. The van der Waals surface area contributed by atoms with Gasteiger partial charge in [-0.2, -0.15) is 8.42 Å². The summed E-state index contributed by atoms with van der Waals surface area (Å²) in [7, 11) is -3.96. The van der Waals surface area contributed by atoms with Gasteiger partial charge >= 0.3 is 0 Å². The number of ether oxygens (including phenoxy) is 1. The van der Waals surface area contributed by atoms with Crippen LogP contribution in [0.2, 0.25) is 0 Å². The second kappa shape index (κ2) is 8.54. The van der Waals surface area contributed by atoms with Crippen LogP contribution < -0.4 is 4.90 Å². The van der Waals surface area contributed by atoms with E-state index in [1.165, 1.54) is 4.90 Å². The highest BCUT2D eigenvalue weighted by atomic mass is 32.2. The molecule has 0 bridgehead atoms. The highest BCUT2D eigenvalue weighted by molar-refractivity contribution is 8.00. The first-order chi connectivity index (χ1) is 12.9. The zero-order valence-electron chi connectivity index (χ0n) is 15.6. The highest BCUT2D eigenvalue weighted by Gasteiger charge is 2.30. The molecule has 5 nitrogen and oxygen atoms in total. The first-order valence-corrected chi connectivity index (χ1v) is 11.7. The lowest BCUT2D eigenvalue weighted by molar-refractivity contribution is 0.220. The minimum atomic E-state index is -3.96. The number of nitrogens with zero attached hydrogens (tertiary/aromatic N) is 1. The third-order valence-electron chi connectivity index (χ3n) is 4.51. The SMILES string of the molecule is CCOC(=CC1Sc2ccc3ccccc3c2N1CCCS(=O)(=O)O)CC. The van der Waals surface area contributed by atoms with Crippen LogP contribution >= 0.6 is 11.8 Å². The van der Waals surface area contributed by atoms with E-state index in [1.807, 2.05) is 19.1 Å². The topological polar surface area (TPSA) is 66.8 Å². The Hall–Kier alpha value is -1.70.